The number of benzene rings is 1. The Morgan fingerprint density at radius 1 is 1.05 bits per heavy atom. The number of amides is 1. The van der Waals surface area contributed by atoms with E-state index in [4.69, 9.17) is 0 Å². The Bertz CT molecular complexity index is 728. The predicted molar refractivity (Wildman–Crippen MR) is 87.5 cm³/mol. The highest BCUT2D eigenvalue weighted by atomic mass is 16.2. The van der Waals surface area contributed by atoms with Crippen molar-refractivity contribution in [3.63, 3.8) is 0 Å². The number of anilines is 2. The largest absolute Gasteiger partial charge is 0.372 e. The molecule has 3 rings (SSSR count). The van der Waals surface area contributed by atoms with Gasteiger partial charge in [0.05, 0.1) is 5.56 Å². The van der Waals surface area contributed by atoms with Crippen LogP contribution in [0.15, 0.2) is 47.4 Å². The van der Waals surface area contributed by atoms with Gasteiger partial charge in [0, 0.05) is 43.8 Å². The lowest BCUT2D eigenvalue weighted by molar-refractivity contribution is 0.102. The number of aromatic nitrogens is 1. The molecule has 5 nitrogen and oxygen atoms in total. The van der Waals surface area contributed by atoms with E-state index in [-0.39, 0.29) is 11.5 Å². The number of aryl methyl sites for hydroxylation is 1. The summed E-state index contributed by atoms with van der Waals surface area (Å²) in [4.78, 5) is 25.9. The van der Waals surface area contributed by atoms with Crippen LogP contribution in [0.25, 0.3) is 0 Å². The van der Waals surface area contributed by atoms with Crippen LogP contribution in [0.3, 0.4) is 0 Å². The van der Waals surface area contributed by atoms with Crippen LogP contribution in [0.5, 0.6) is 0 Å². The van der Waals surface area contributed by atoms with Gasteiger partial charge in [0.2, 0.25) is 5.56 Å². The molecule has 0 spiro atoms. The number of hydrogen-bond acceptors (Lipinski definition) is 3. The van der Waals surface area contributed by atoms with Gasteiger partial charge < -0.3 is 14.8 Å². The normalized spacial score (nSPS) is 14.1. The fourth-order valence-electron chi connectivity index (χ4n) is 2.66. The van der Waals surface area contributed by atoms with E-state index < -0.39 is 0 Å². The number of carbonyl (C=O) groups excluding carboxylic acids is 1. The Morgan fingerprint density at radius 3 is 2.36 bits per heavy atom. The second-order valence-corrected chi connectivity index (χ2v) is 5.56. The SMILES string of the molecule is Cn1cc(C(=O)Nc2ccc(N3CCCC3)cc2)ccc1=O. The second-order valence-electron chi connectivity index (χ2n) is 5.56. The highest BCUT2D eigenvalue weighted by Gasteiger charge is 2.12. The number of nitrogens with one attached hydrogen (secondary N) is 1. The Morgan fingerprint density at radius 2 is 1.73 bits per heavy atom. The molecule has 5 heteroatoms. The van der Waals surface area contributed by atoms with Crippen LogP contribution >= 0.6 is 0 Å². The third-order valence-corrected chi connectivity index (χ3v) is 3.94. The minimum absolute atomic E-state index is 0.133. The molecule has 0 radical (unpaired) electrons. The van der Waals surface area contributed by atoms with Gasteiger partial charge >= 0.3 is 0 Å². The van der Waals surface area contributed by atoms with Crippen molar-refractivity contribution in [1.82, 2.24) is 4.57 Å². The molecular formula is C17H19N3O2. The zero-order chi connectivity index (χ0) is 15.5. The van der Waals surface area contributed by atoms with Gasteiger partial charge in [-0.1, -0.05) is 0 Å². The van der Waals surface area contributed by atoms with Gasteiger partial charge in [-0.2, -0.15) is 0 Å². The van der Waals surface area contributed by atoms with Gasteiger partial charge in [-0.25, -0.2) is 0 Å². The lowest BCUT2D eigenvalue weighted by Gasteiger charge is -2.17. The maximum Gasteiger partial charge on any atom is 0.257 e. The molecule has 0 aliphatic carbocycles. The van der Waals surface area contributed by atoms with Crippen LogP contribution in [-0.4, -0.2) is 23.6 Å². The summed E-state index contributed by atoms with van der Waals surface area (Å²) in [6, 6.07) is 10.8. The van der Waals surface area contributed by atoms with Gasteiger partial charge in [-0.15, -0.1) is 0 Å². The van der Waals surface area contributed by atoms with E-state index in [1.165, 1.54) is 41.4 Å². The molecule has 1 aromatic carbocycles. The molecule has 1 fully saturated rings. The predicted octanol–water partition coefficient (Wildman–Crippen LogP) is 2.24. The van der Waals surface area contributed by atoms with Crippen LogP contribution in [0.2, 0.25) is 0 Å². The first-order valence-corrected chi connectivity index (χ1v) is 7.46. The maximum absolute atomic E-state index is 12.2. The number of carbonyl (C=O) groups is 1. The average molecular weight is 297 g/mol. The fourth-order valence-corrected chi connectivity index (χ4v) is 2.66. The van der Waals surface area contributed by atoms with E-state index in [1.807, 2.05) is 24.3 Å². The summed E-state index contributed by atoms with van der Waals surface area (Å²) in [5.41, 5.74) is 2.27. The van der Waals surface area contributed by atoms with E-state index in [9.17, 15) is 9.59 Å². The quantitative estimate of drug-likeness (QED) is 0.945. The third kappa shape index (κ3) is 3.03. The lowest BCUT2D eigenvalue weighted by atomic mass is 10.2. The molecule has 2 aromatic rings. The molecule has 1 aliphatic rings. The van der Waals surface area contributed by atoms with Gasteiger partial charge in [0.25, 0.3) is 5.91 Å². The first-order valence-electron chi connectivity index (χ1n) is 7.46. The Labute approximate surface area is 129 Å². The molecule has 1 aliphatic heterocycles. The lowest BCUT2D eigenvalue weighted by Crippen LogP contribution is -2.20. The van der Waals surface area contributed by atoms with Crippen LogP contribution in [0, 0.1) is 0 Å². The molecular weight excluding hydrogens is 278 g/mol. The van der Waals surface area contributed by atoms with Crippen molar-refractivity contribution in [2.45, 2.75) is 12.8 Å². The van der Waals surface area contributed by atoms with E-state index in [0.29, 0.717) is 5.56 Å². The van der Waals surface area contributed by atoms with E-state index in [2.05, 4.69) is 10.2 Å². The van der Waals surface area contributed by atoms with Gasteiger partial charge in [-0.05, 0) is 43.2 Å². The van der Waals surface area contributed by atoms with Crippen molar-refractivity contribution < 1.29 is 4.79 Å². The molecule has 0 atom stereocenters. The van der Waals surface area contributed by atoms with Crippen LogP contribution < -0.4 is 15.8 Å². The van der Waals surface area contributed by atoms with Crippen LogP contribution in [0.4, 0.5) is 11.4 Å². The highest BCUT2D eigenvalue weighted by molar-refractivity contribution is 6.04. The summed E-state index contributed by atoms with van der Waals surface area (Å²) in [6.45, 7) is 2.20. The summed E-state index contributed by atoms with van der Waals surface area (Å²) in [5, 5.41) is 2.85. The molecule has 0 unspecified atom stereocenters. The monoisotopic (exact) mass is 297 g/mol. The van der Waals surface area contributed by atoms with Gasteiger partial charge in [-0.3, -0.25) is 9.59 Å². The van der Waals surface area contributed by atoms with Crippen LogP contribution in [0.1, 0.15) is 23.2 Å². The number of nitrogens with zero attached hydrogens (tertiary/aromatic N) is 2. The zero-order valence-corrected chi connectivity index (χ0v) is 12.6. The van der Waals surface area contributed by atoms with Crippen molar-refractivity contribution in [3.8, 4) is 0 Å². The van der Waals surface area contributed by atoms with Crippen molar-refractivity contribution in [2.75, 3.05) is 23.3 Å². The topological polar surface area (TPSA) is 54.3 Å². The molecule has 1 N–H and O–H groups in total. The summed E-state index contributed by atoms with van der Waals surface area (Å²) in [5.74, 6) is -0.218. The highest BCUT2D eigenvalue weighted by Crippen LogP contribution is 2.22. The van der Waals surface area contributed by atoms with E-state index in [0.717, 1.165) is 18.8 Å². The van der Waals surface area contributed by atoms with Crippen molar-refractivity contribution in [3.05, 3.63) is 58.5 Å². The van der Waals surface area contributed by atoms with Crippen LogP contribution in [-0.2, 0) is 7.05 Å². The number of rotatable bonds is 3. The molecule has 114 valence electrons. The van der Waals surface area contributed by atoms with Gasteiger partial charge in [0.15, 0.2) is 0 Å². The van der Waals surface area contributed by atoms with E-state index >= 15 is 0 Å². The Kier molecular flexibility index (Phi) is 3.96. The minimum Gasteiger partial charge on any atom is -0.372 e. The smallest absolute Gasteiger partial charge is 0.257 e. The third-order valence-electron chi connectivity index (χ3n) is 3.94. The first kappa shape index (κ1) is 14.4. The molecule has 1 amide bonds. The second kappa shape index (κ2) is 6.05. The minimum atomic E-state index is -0.218. The summed E-state index contributed by atoms with van der Waals surface area (Å²) >= 11 is 0. The number of pyridine rings is 1. The molecule has 22 heavy (non-hydrogen) atoms. The number of hydrogen-bond donors (Lipinski definition) is 1. The average Bonchev–Trinajstić information content (AvgIpc) is 3.05. The molecule has 2 heterocycles. The maximum atomic E-state index is 12.2. The first-order chi connectivity index (χ1) is 10.6. The molecule has 1 aromatic heterocycles. The Hall–Kier alpha value is -2.56. The standard InChI is InChI=1S/C17H19N3O2/c1-19-12-13(4-9-16(19)21)17(22)18-14-5-7-15(8-6-14)20-10-2-3-11-20/h4-9,12H,2-3,10-11H2,1H3,(H,18,22). The summed E-state index contributed by atoms with van der Waals surface area (Å²) in [7, 11) is 1.63. The summed E-state index contributed by atoms with van der Waals surface area (Å²) in [6.07, 6.45) is 4.02. The molecule has 0 bridgehead atoms. The van der Waals surface area contributed by atoms with E-state index in [1.54, 1.807) is 7.05 Å². The Balaban J connectivity index is 1.70. The van der Waals surface area contributed by atoms with Crippen molar-refractivity contribution >= 4 is 17.3 Å². The molecule has 0 saturated carbocycles. The van der Waals surface area contributed by atoms with Gasteiger partial charge in [0.1, 0.15) is 0 Å². The fraction of sp³-hybridized carbons (Fsp3) is 0.294. The zero-order valence-electron chi connectivity index (χ0n) is 12.6. The molecule has 1 saturated heterocycles. The summed E-state index contributed by atoms with van der Waals surface area (Å²) < 4.78 is 1.39. The van der Waals surface area contributed by atoms with Crippen molar-refractivity contribution in [2.24, 2.45) is 7.05 Å². The van der Waals surface area contributed by atoms with Crippen molar-refractivity contribution in [1.29, 1.82) is 0 Å².